The standard InChI is InChI=1S/C11H19NO5S/c13-8-6-10(11(14)15)12(7-8)18(16,17)9-4-2-1-3-5-9/h8-10,13H,1-7H2,(H,14,15)/t8-,10+/m1/s1. The van der Waals surface area contributed by atoms with Gasteiger partial charge in [-0.3, -0.25) is 4.79 Å². The van der Waals surface area contributed by atoms with Gasteiger partial charge in [0.1, 0.15) is 6.04 Å². The minimum absolute atomic E-state index is 0.0126. The van der Waals surface area contributed by atoms with Crippen LogP contribution in [0.5, 0.6) is 0 Å². The summed E-state index contributed by atoms with van der Waals surface area (Å²) in [5.41, 5.74) is 0. The van der Waals surface area contributed by atoms with Crippen molar-refractivity contribution < 1.29 is 23.4 Å². The molecule has 1 aliphatic carbocycles. The minimum atomic E-state index is -3.60. The number of rotatable bonds is 3. The summed E-state index contributed by atoms with van der Waals surface area (Å²) < 4.78 is 25.8. The summed E-state index contributed by atoms with van der Waals surface area (Å²) >= 11 is 0. The second kappa shape index (κ2) is 5.14. The van der Waals surface area contributed by atoms with Crippen LogP contribution in [-0.4, -0.2) is 52.8 Å². The third-order valence-corrected chi connectivity index (χ3v) is 6.19. The highest BCUT2D eigenvalue weighted by Gasteiger charge is 2.45. The summed E-state index contributed by atoms with van der Waals surface area (Å²) in [6.07, 6.45) is 3.10. The number of hydrogen-bond acceptors (Lipinski definition) is 4. The van der Waals surface area contributed by atoms with Gasteiger partial charge in [0, 0.05) is 13.0 Å². The van der Waals surface area contributed by atoms with E-state index in [0.29, 0.717) is 12.8 Å². The van der Waals surface area contributed by atoms with E-state index >= 15 is 0 Å². The SMILES string of the molecule is O=C(O)[C@@H]1C[C@@H](O)CN1S(=O)(=O)C1CCCCC1. The van der Waals surface area contributed by atoms with E-state index in [2.05, 4.69) is 0 Å². The van der Waals surface area contributed by atoms with E-state index in [9.17, 15) is 18.3 Å². The van der Waals surface area contributed by atoms with E-state index in [-0.39, 0.29) is 13.0 Å². The fourth-order valence-electron chi connectivity index (χ4n) is 2.84. The molecule has 1 aliphatic heterocycles. The summed E-state index contributed by atoms with van der Waals surface area (Å²) in [7, 11) is -3.60. The molecule has 0 unspecified atom stereocenters. The first-order chi connectivity index (χ1) is 8.43. The molecule has 2 rings (SSSR count). The third kappa shape index (κ3) is 2.53. The van der Waals surface area contributed by atoms with Gasteiger partial charge in [-0.15, -0.1) is 0 Å². The van der Waals surface area contributed by atoms with Crippen LogP contribution < -0.4 is 0 Å². The molecule has 0 spiro atoms. The Balaban J connectivity index is 2.20. The summed E-state index contributed by atoms with van der Waals surface area (Å²) in [6.45, 7) is -0.0875. The molecule has 1 heterocycles. The van der Waals surface area contributed by atoms with Gasteiger partial charge in [-0.2, -0.15) is 4.31 Å². The highest BCUT2D eigenvalue weighted by atomic mass is 32.2. The minimum Gasteiger partial charge on any atom is -0.480 e. The number of hydrogen-bond donors (Lipinski definition) is 2. The zero-order valence-electron chi connectivity index (χ0n) is 10.2. The van der Waals surface area contributed by atoms with Crippen molar-refractivity contribution in [2.45, 2.75) is 55.9 Å². The van der Waals surface area contributed by atoms with Gasteiger partial charge in [0.05, 0.1) is 11.4 Å². The molecule has 0 bridgehead atoms. The molecule has 7 heteroatoms. The molecule has 2 aliphatic rings. The topological polar surface area (TPSA) is 94.9 Å². The first-order valence-corrected chi connectivity index (χ1v) is 7.85. The Kier molecular flexibility index (Phi) is 3.93. The van der Waals surface area contributed by atoms with E-state index in [1.807, 2.05) is 0 Å². The third-order valence-electron chi connectivity index (χ3n) is 3.82. The number of aliphatic hydroxyl groups excluding tert-OH is 1. The molecule has 104 valence electrons. The van der Waals surface area contributed by atoms with Crippen molar-refractivity contribution in [1.29, 1.82) is 0 Å². The van der Waals surface area contributed by atoms with Gasteiger partial charge in [-0.25, -0.2) is 8.42 Å². The molecular formula is C11H19NO5S. The van der Waals surface area contributed by atoms with E-state index < -0.39 is 33.4 Å². The lowest BCUT2D eigenvalue weighted by Gasteiger charge is -2.28. The van der Waals surface area contributed by atoms with Crippen molar-refractivity contribution in [2.75, 3.05) is 6.54 Å². The molecule has 0 aromatic rings. The lowest BCUT2D eigenvalue weighted by Crippen LogP contribution is -2.45. The van der Waals surface area contributed by atoms with Crippen LogP contribution in [-0.2, 0) is 14.8 Å². The van der Waals surface area contributed by atoms with Crippen molar-refractivity contribution >= 4 is 16.0 Å². The van der Waals surface area contributed by atoms with Crippen LogP contribution in [0, 0.1) is 0 Å². The van der Waals surface area contributed by atoms with Crippen LogP contribution in [0.15, 0.2) is 0 Å². The molecular weight excluding hydrogens is 258 g/mol. The zero-order chi connectivity index (χ0) is 13.3. The van der Waals surface area contributed by atoms with E-state index in [1.54, 1.807) is 0 Å². The van der Waals surface area contributed by atoms with Gasteiger partial charge in [0.25, 0.3) is 0 Å². The lowest BCUT2D eigenvalue weighted by molar-refractivity contribution is -0.140. The van der Waals surface area contributed by atoms with Crippen LogP contribution in [0.4, 0.5) is 0 Å². The zero-order valence-corrected chi connectivity index (χ0v) is 11.0. The number of aliphatic hydroxyl groups is 1. The first-order valence-electron chi connectivity index (χ1n) is 6.34. The van der Waals surface area contributed by atoms with Crippen LogP contribution in [0.2, 0.25) is 0 Å². The Bertz CT molecular complexity index is 415. The number of aliphatic carboxylic acids is 1. The molecule has 18 heavy (non-hydrogen) atoms. The van der Waals surface area contributed by atoms with Crippen LogP contribution >= 0.6 is 0 Å². The molecule has 0 radical (unpaired) electrons. The molecule has 1 saturated carbocycles. The van der Waals surface area contributed by atoms with Crippen LogP contribution in [0.3, 0.4) is 0 Å². The molecule has 2 N–H and O–H groups in total. The van der Waals surface area contributed by atoms with Gasteiger partial charge in [0.15, 0.2) is 0 Å². The predicted molar refractivity (Wildman–Crippen MR) is 64.5 cm³/mol. The maximum atomic E-state index is 12.4. The van der Waals surface area contributed by atoms with E-state index in [4.69, 9.17) is 5.11 Å². The number of sulfonamides is 1. The van der Waals surface area contributed by atoms with Crippen LogP contribution in [0.1, 0.15) is 38.5 Å². The largest absolute Gasteiger partial charge is 0.480 e. The van der Waals surface area contributed by atoms with Gasteiger partial charge >= 0.3 is 5.97 Å². The second-order valence-corrected chi connectivity index (χ2v) is 7.28. The van der Waals surface area contributed by atoms with Crippen molar-refractivity contribution in [3.05, 3.63) is 0 Å². The van der Waals surface area contributed by atoms with Gasteiger partial charge in [-0.05, 0) is 12.8 Å². The van der Waals surface area contributed by atoms with Crippen molar-refractivity contribution in [2.24, 2.45) is 0 Å². The quantitative estimate of drug-likeness (QED) is 0.766. The van der Waals surface area contributed by atoms with E-state index in [0.717, 1.165) is 23.6 Å². The molecule has 1 saturated heterocycles. The summed E-state index contributed by atoms with van der Waals surface area (Å²) in [5, 5.41) is 18.1. The lowest BCUT2D eigenvalue weighted by atomic mass is 10.0. The molecule has 2 atom stereocenters. The van der Waals surface area contributed by atoms with Crippen molar-refractivity contribution in [3.63, 3.8) is 0 Å². The monoisotopic (exact) mass is 277 g/mol. The fraction of sp³-hybridized carbons (Fsp3) is 0.909. The first kappa shape index (κ1) is 13.8. The Hall–Kier alpha value is -0.660. The smallest absolute Gasteiger partial charge is 0.322 e. The number of nitrogens with zero attached hydrogens (tertiary/aromatic N) is 1. The Morgan fingerprint density at radius 2 is 1.78 bits per heavy atom. The highest BCUT2D eigenvalue weighted by molar-refractivity contribution is 7.89. The number of carbonyl (C=O) groups is 1. The average molecular weight is 277 g/mol. The Morgan fingerprint density at radius 3 is 2.33 bits per heavy atom. The van der Waals surface area contributed by atoms with Crippen molar-refractivity contribution in [3.8, 4) is 0 Å². The normalized spacial score (nSPS) is 31.6. The fourth-order valence-corrected chi connectivity index (χ4v) is 5.07. The number of carboxylic acid groups (broad SMARTS) is 1. The highest BCUT2D eigenvalue weighted by Crippen LogP contribution is 2.30. The van der Waals surface area contributed by atoms with Crippen LogP contribution in [0.25, 0.3) is 0 Å². The summed E-state index contributed by atoms with van der Waals surface area (Å²) in [4.78, 5) is 11.1. The summed E-state index contributed by atoms with van der Waals surface area (Å²) in [5.74, 6) is -1.18. The number of carboxylic acids is 1. The van der Waals surface area contributed by atoms with Gasteiger partial charge in [-0.1, -0.05) is 19.3 Å². The molecule has 6 nitrogen and oxygen atoms in total. The average Bonchev–Trinajstić information content (AvgIpc) is 2.73. The summed E-state index contributed by atoms with van der Waals surface area (Å²) in [6, 6.07) is -1.10. The predicted octanol–water partition coefficient (Wildman–Crippen LogP) is 0.169. The Morgan fingerprint density at radius 1 is 1.17 bits per heavy atom. The second-order valence-electron chi connectivity index (χ2n) is 5.12. The number of β-amino-alcohol motifs (C(OH)–C–C–N with tert-alkyl or cyclic N) is 1. The maximum Gasteiger partial charge on any atom is 0.322 e. The van der Waals surface area contributed by atoms with Crippen molar-refractivity contribution in [1.82, 2.24) is 4.31 Å². The van der Waals surface area contributed by atoms with E-state index in [1.165, 1.54) is 0 Å². The molecule has 0 aromatic carbocycles. The maximum absolute atomic E-state index is 12.4. The Labute approximate surface area is 107 Å². The van der Waals surface area contributed by atoms with Gasteiger partial charge in [0.2, 0.25) is 10.0 Å². The molecule has 0 aromatic heterocycles. The van der Waals surface area contributed by atoms with Gasteiger partial charge < -0.3 is 10.2 Å². The molecule has 2 fully saturated rings. The molecule has 0 amide bonds.